The number of hydrogen-bond donors (Lipinski definition) is 4. The molecule has 0 spiro atoms. The Balaban J connectivity index is 2.33. The Morgan fingerprint density at radius 2 is 1.67 bits per heavy atom. The number of carboxylic acids is 1. The summed E-state index contributed by atoms with van der Waals surface area (Å²) in [7, 11) is 0. The number of para-hydroxylation sites is 1. The molecule has 0 atom stereocenters. The van der Waals surface area contributed by atoms with E-state index in [1.165, 1.54) is 18.2 Å². The smallest absolute Gasteiger partial charge is 0.347 e. The fourth-order valence-electron chi connectivity index (χ4n) is 1.58. The van der Waals surface area contributed by atoms with E-state index in [4.69, 9.17) is 9.84 Å². The minimum Gasteiger partial charge on any atom is -0.504 e. The first kappa shape index (κ1) is 14.2. The number of ether oxygens (including phenoxy) is 1. The van der Waals surface area contributed by atoms with E-state index in [0.29, 0.717) is 0 Å². The third-order valence-electron chi connectivity index (χ3n) is 2.64. The Hall–Kier alpha value is -3.22. The van der Waals surface area contributed by atoms with Crippen LogP contribution in [-0.4, -0.2) is 32.4 Å². The topological polar surface area (TPSA) is 124 Å². The molecule has 0 saturated carbocycles. The van der Waals surface area contributed by atoms with E-state index in [0.717, 1.165) is 18.2 Å². The molecular formula is C14H10O7. The van der Waals surface area contributed by atoms with E-state index in [1.54, 1.807) is 0 Å². The summed E-state index contributed by atoms with van der Waals surface area (Å²) in [6.45, 7) is 0. The van der Waals surface area contributed by atoms with E-state index >= 15 is 0 Å². The predicted octanol–water partition coefficient (Wildman–Crippen LogP) is 1.72. The Morgan fingerprint density at radius 3 is 2.33 bits per heavy atom. The van der Waals surface area contributed by atoms with Gasteiger partial charge in [0, 0.05) is 0 Å². The number of phenols is 3. The molecule has 2 aromatic rings. The average molecular weight is 290 g/mol. The van der Waals surface area contributed by atoms with Crippen molar-refractivity contribution in [2.45, 2.75) is 0 Å². The highest BCUT2D eigenvalue weighted by Gasteiger charge is 2.18. The summed E-state index contributed by atoms with van der Waals surface area (Å²) in [5.74, 6) is -4.30. The zero-order valence-corrected chi connectivity index (χ0v) is 10.5. The van der Waals surface area contributed by atoms with Crippen LogP contribution < -0.4 is 4.74 Å². The molecule has 0 aliphatic carbocycles. The highest BCUT2D eigenvalue weighted by molar-refractivity contribution is 5.95. The second-order valence-corrected chi connectivity index (χ2v) is 4.05. The van der Waals surface area contributed by atoms with Gasteiger partial charge in [-0.25, -0.2) is 9.59 Å². The van der Waals surface area contributed by atoms with Crippen LogP contribution in [0.3, 0.4) is 0 Å². The molecule has 0 radical (unpaired) electrons. The van der Waals surface area contributed by atoms with Gasteiger partial charge in [-0.2, -0.15) is 0 Å². The van der Waals surface area contributed by atoms with Crippen molar-refractivity contribution < 1.29 is 34.8 Å². The molecule has 0 aromatic heterocycles. The highest BCUT2D eigenvalue weighted by Crippen LogP contribution is 2.31. The highest BCUT2D eigenvalue weighted by atomic mass is 16.5. The molecule has 0 fully saturated rings. The molecule has 0 saturated heterocycles. The number of carboxylic acid groups (broad SMARTS) is 1. The van der Waals surface area contributed by atoms with Crippen molar-refractivity contribution in [1.29, 1.82) is 0 Å². The lowest BCUT2D eigenvalue weighted by Gasteiger charge is -2.08. The fraction of sp³-hybridized carbons (Fsp3) is 0. The maximum Gasteiger partial charge on any atom is 0.347 e. The minimum absolute atomic E-state index is 0.185. The van der Waals surface area contributed by atoms with Gasteiger partial charge in [0.25, 0.3) is 0 Å². The molecule has 0 aliphatic rings. The van der Waals surface area contributed by atoms with E-state index in [-0.39, 0.29) is 16.9 Å². The summed E-state index contributed by atoms with van der Waals surface area (Å²) in [5, 5.41) is 37.2. The number of phenolic OH excluding ortho intramolecular Hbond substituents is 3. The number of aromatic carboxylic acids is 1. The van der Waals surface area contributed by atoms with Gasteiger partial charge in [-0.1, -0.05) is 6.07 Å². The Kier molecular flexibility index (Phi) is 3.66. The summed E-state index contributed by atoms with van der Waals surface area (Å²) in [5.41, 5.74) is -0.508. The van der Waals surface area contributed by atoms with Gasteiger partial charge >= 0.3 is 11.9 Å². The molecule has 21 heavy (non-hydrogen) atoms. The number of carbonyl (C=O) groups excluding carboxylic acids is 1. The van der Waals surface area contributed by atoms with Gasteiger partial charge in [-0.05, 0) is 30.3 Å². The molecule has 2 aromatic carbocycles. The Bertz CT molecular complexity index is 721. The molecule has 0 amide bonds. The van der Waals surface area contributed by atoms with Gasteiger partial charge in [0.1, 0.15) is 5.56 Å². The van der Waals surface area contributed by atoms with Gasteiger partial charge in [-0.3, -0.25) is 0 Å². The molecule has 0 aliphatic heterocycles. The molecule has 4 N–H and O–H groups in total. The summed E-state index contributed by atoms with van der Waals surface area (Å²) in [6.07, 6.45) is 0. The lowest BCUT2D eigenvalue weighted by Crippen LogP contribution is -2.09. The normalized spacial score (nSPS) is 10.1. The van der Waals surface area contributed by atoms with Gasteiger partial charge < -0.3 is 25.2 Å². The van der Waals surface area contributed by atoms with E-state index < -0.39 is 29.2 Å². The maximum atomic E-state index is 11.9. The first-order valence-electron chi connectivity index (χ1n) is 5.69. The SMILES string of the molecule is O=C(O)c1ccc(O)c(OC(=O)c2cccc(O)c2O)c1. The van der Waals surface area contributed by atoms with Crippen LogP contribution in [0.15, 0.2) is 36.4 Å². The predicted molar refractivity (Wildman–Crippen MR) is 69.8 cm³/mol. The van der Waals surface area contributed by atoms with E-state index in [9.17, 15) is 24.9 Å². The first-order valence-corrected chi connectivity index (χ1v) is 5.69. The number of hydrogen-bond acceptors (Lipinski definition) is 6. The minimum atomic E-state index is -1.26. The molecule has 0 unspecified atom stereocenters. The van der Waals surface area contributed by atoms with Crippen molar-refractivity contribution >= 4 is 11.9 Å². The monoisotopic (exact) mass is 290 g/mol. The van der Waals surface area contributed by atoms with Crippen LogP contribution in [0, 0.1) is 0 Å². The standard InChI is InChI=1S/C14H10O7/c15-9-5-4-7(13(18)19)6-11(9)21-14(20)8-2-1-3-10(16)12(8)17/h1-6,15-17H,(H,18,19). The van der Waals surface area contributed by atoms with E-state index in [2.05, 4.69) is 0 Å². The van der Waals surface area contributed by atoms with Gasteiger partial charge in [0.2, 0.25) is 0 Å². The second-order valence-electron chi connectivity index (χ2n) is 4.05. The summed E-state index contributed by atoms with van der Waals surface area (Å²) >= 11 is 0. The number of rotatable bonds is 3. The van der Waals surface area contributed by atoms with Crippen LogP contribution in [-0.2, 0) is 0 Å². The molecule has 7 heteroatoms. The molecule has 108 valence electrons. The number of benzene rings is 2. The van der Waals surface area contributed by atoms with Gasteiger partial charge in [0.15, 0.2) is 23.0 Å². The number of esters is 1. The van der Waals surface area contributed by atoms with Crippen LogP contribution in [0.2, 0.25) is 0 Å². The van der Waals surface area contributed by atoms with Crippen molar-refractivity contribution in [1.82, 2.24) is 0 Å². The van der Waals surface area contributed by atoms with Crippen molar-refractivity contribution in [2.24, 2.45) is 0 Å². The third kappa shape index (κ3) is 2.86. The van der Waals surface area contributed by atoms with Gasteiger partial charge in [0.05, 0.1) is 5.56 Å². The van der Waals surface area contributed by atoms with Gasteiger partial charge in [-0.15, -0.1) is 0 Å². The second kappa shape index (κ2) is 5.41. The molecule has 2 rings (SSSR count). The molecule has 0 bridgehead atoms. The largest absolute Gasteiger partial charge is 0.504 e. The van der Waals surface area contributed by atoms with Crippen molar-refractivity contribution in [3.05, 3.63) is 47.5 Å². The van der Waals surface area contributed by atoms with E-state index in [1.807, 2.05) is 0 Å². The Labute approximate surface area is 118 Å². The average Bonchev–Trinajstić information content (AvgIpc) is 2.43. The molecular weight excluding hydrogens is 280 g/mol. The van der Waals surface area contributed by atoms with Crippen LogP contribution in [0.4, 0.5) is 0 Å². The van der Waals surface area contributed by atoms with Crippen LogP contribution in [0.5, 0.6) is 23.0 Å². The quantitative estimate of drug-likeness (QED) is 0.385. The maximum absolute atomic E-state index is 11.9. The molecule has 0 heterocycles. The third-order valence-corrected chi connectivity index (χ3v) is 2.64. The fourth-order valence-corrected chi connectivity index (χ4v) is 1.58. The number of aromatic hydroxyl groups is 3. The number of carbonyl (C=O) groups is 2. The van der Waals surface area contributed by atoms with Crippen molar-refractivity contribution in [2.75, 3.05) is 0 Å². The zero-order valence-electron chi connectivity index (χ0n) is 10.5. The lowest BCUT2D eigenvalue weighted by atomic mass is 10.2. The van der Waals surface area contributed by atoms with Crippen LogP contribution in [0.25, 0.3) is 0 Å². The lowest BCUT2D eigenvalue weighted by molar-refractivity contribution is 0.0685. The van der Waals surface area contributed by atoms with Crippen LogP contribution >= 0.6 is 0 Å². The first-order chi connectivity index (χ1) is 9.90. The van der Waals surface area contributed by atoms with Crippen molar-refractivity contribution in [3.63, 3.8) is 0 Å². The Morgan fingerprint density at radius 1 is 0.952 bits per heavy atom. The summed E-state index contributed by atoms with van der Waals surface area (Å²) in [6, 6.07) is 6.87. The summed E-state index contributed by atoms with van der Waals surface area (Å²) in [4.78, 5) is 22.7. The van der Waals surface area contributed by atoms with Crippen LogP contribution in [0.1, 0.15) is 20.7 Å². The zero-order chi connectivity index (χ0) is 15.6. The summed E-state index contributed by atoms with van der Waals surface area (Å²) < 4.78 is 4.83. The molecule has 7 nitrogen and oxygen atoms in total. The van der Waals surface area contributed by atoms with Crippen molar-refractivity contribution in [3.8, 4) is 23.0 Å².